The summed E-state index contributed by atoms with van der Waals surface area (Å²) in [5.41, 5.74) is 0.463. The van der Waals surface area contributed by atoms with Gasteiger partial charge in [0, 0.05) is 0 Å². The lowest BCUT2D eigenvalue weighted by molar-refractivity contribution is -0.199. The number of hydrogen-bond acceptors (Lipinski definition) is 2. The van der Waals surface area contributed by atoms with Crippen molar-refractivity contribution in [1.29, 1.82) is 0 Å². The minimum Gasteiger partial charge on any atom is -0.405 e. The van der Waals surface area contributed by atoms with Gasteiger partial charge in [-0.3, -0.25) is 0 Å². The zero-order chi connectivity index (χ0) is 12.3. The third kappa shape index (κ3) is 1.54. The van der Waals surface area contributed by atoms with E-state index in [2.05, 4.69) is 27.7 Å². The Morgan fingerprint density at radius 3 is 2.65 bits per heavy atom. The first kappa shape index (κ1) is 12.0. The third-order valence-corrected chi connectivity index (χ3v) is 5.80. The SMILES string of the molecule is CCCCB1OC2CC3CC(C3(C)C)C2(C)O1. The third-order valence-electron chi connectivity index (χ3n) is 5.80. The summed E-state index contributed by atoms with van der Waals surface area (Å²) in [6, 6.07) is 0. The summed E-state index contributed by atoms with van der Waals surface area (Å²) in [4.78, 5) is 0. The quantitative estimate of drug-likeness (QED) is 0.698. The average Bonchev–Trinajstić information content (AvgIpc) is 2.61. The van der Waals surface area contributed by atoms with E-state index in [0.29, 0.717) is 17.4 Å². The lowest BCUT2D eigenvalue weighted by Gasteiger charge is -2.64. The largest absolute Gasteiger partial charge is 0.457 e. The van der Waals surface area contributed by atoms with Crippen LogP contribution in [0.2, 0.25) is 6.32 Å². The zero-order valence-electron chi connectivity index (χ0n) is 11.7. The Balaban J connectivity index is 1.73. The van der Waals surface area contributed by atoms with Crippen molar-refractivity contribution < 1.29 is 9.31 Å². The van der Waals surface area contributed by atoms with E-state index in [9.17, 15) is 0 Å². The van der Waals surface area contributed by atoms with Crippen LogP contribution in [0.1, 0.15) is 53.4 Å². The van der Waals surface area contributed by atoms with E-state index in [1.54, 1.807) is 0 Å². The highest BCUT2D eigenvalue weighted by Crippen LogP contribution is 2.65. The monoisotopic (exact) mass is 236 g/mol. The summed E-state index contributed by atoms with van der Waals surface area (Å²) in [5, 5.41) is 0. The van der Waals surface area contributed by atoms with Gasteiger partial charge in [-0.05, 0) is 43.3 Å². The van der Waals surface area contributed by atoms with Gasteiger partial charge in [-0.15, -0.1) is 0 Å². The van der Waals surface area contributed by atoms with Gasteiger partial charge in [-0.2, -0.15) is 0 Å². The average molecular weight is 236 g/mol. The highest BCUT2D eigenvalue weighted by atomic mass is 16.7. The molecular weight excluding hydrogens is 211 g/mol. The maximum absolute atomic E-state index is 6.32. The van der Waals surface area contributed by atoms with Gasteiger partial charge in [0.2, 0.25) is 0 Å². The number of rotatable bonds is 3. The van der Waals surface area contributed by atoms with Crippen molar-refractivity contribution in [2.24, 2.45) is 17.3 Å². The molecule has 3 saturated carbocycles. The van der Waals surface area contributed by atoms with Crippen molar-refractivity contribution in [3.8, 4) is 0 Å². The molecule has 0 N–H and O–H groups in total. The minimum absolute atomic E-state index is 0.00332. The number of unbranched alkanes of at least 4 members (excludes halogenated alkanes) is 1. The van der Waals surface area contributed by atoms with Gasteiger partial charge in [-0.25, -0.2) is 0 Å². The van der Waals surface area contributed by atoms with Crippen molar-refractivity contribution in [2.75, 3.05) is 0 Å². The van der Waals surface area contributed by atoms with Gasteiger partial charge in [0.25, 0.3) is 0 Å². The molecule has 2 bridgehead atoms. The van der Waals surface area contributed by atoms with Crippen LogP contribution in [-0.4, -0.2) is 18.8 Å². The van der Waals surface area contributed by atoms with Crippen molar-refractivity contribution in [2.45, 2.75) is 71.4 Å². The molecule has 0 spiro atoms. The standard InChI is InChI=1S/C14H25BO2/c1-5-6-7-15-16-12-9-10-8-11(13(10,2)3)14(12,4)17-15/h10-12H,5-9H2,1-4H3. The zero-order valence-corrected chi connectivity index (χ0v) is 11.7. The van der Waals surface area contributed by atoms with Crippen LogP contribution >= 0.6 is 0 Å². The summed E-state index contributed by atoms with van der Waals surface area (Å²) in [5.74, 6) is 1.56. The molecule has 0 aromatic rings. The van der Waals surface area contributed by atoms with Crippen LogP contribution in [0.15, 0.2) is 0 Å². The first-order valence-electron chi connectivity index (χ1n) is 7.31. The predicted octanol–water partition coefficient (Wildman–Crippen LogP) is 3.51. The van der Waals surface area contributed by atoms with E-state index < -0.39 is 0 Å². The smallest absolute Gasteiger partial charge is 0.405 e. The normalized spacial score (nSPS) is 46.6. The molecule has 4 fully saturated rings. The molecule has 4 unspecified atom stereocenters. The van der Waals surface area contributed by atoms with Gasteiger partial charge in [0.15, 0.2) is 0 Å². The Morgan fingerprint density at radius 2 is 2.00 bits per heavy atom. The summed E-state index contributed by atoms with van der Waals surface area (Å²) in [6.07, 6.45) is 6.43. The first-order chi connectivity index (χ1) is 7.98. The van der Waals surface area contributed by atoms with Gasteiger partial charge >= 0.3 is 7.12 Å². The predicted molar refractivity (Wildman–Crippen MR) is 69.8 cm³/mol. The molecular formula is C14H25BO2. The van der Waals surface area contributed by atoms with Crippen molar-refractivity contribution in [1.82, 2.24) is 0 Å². The van der Waals surface area contributed by atoms with E-state index in [1.165, 1.54) is 25.7 Å². The second-order valence-electron chi connectivity index (χ2n) is 7.04. The second kappa shape index (κ2) is 3.74. The van der Waals surface area contributed by atoms with Crippen LogP contribution in [-0.2, 0) is 9.31 Å². The van der Waals surface area contributed by atoms with E-state index in [1.807, 2.05) is 0 Å². The summed E-state index contributed by atoms with van der Waals surface area (Å²) in [7, 11) is 0.0695. The molecule has 2 nitrogen and oxygen atoms in total. The molecule has 3 heteroatoms. The van der Waals surface area contributed by atoms with Gasteiger partial charge in [-0.1, -0.05) is 33.6 Å². The molecule has 4 aliphatic rings. The Hall–Kier alpha value is -0.0151. The van der Waals surface area contributed by atoms with E-state index in [4.69, 9.17) is 9.31 Å². The van der Waals surface area contributed by atoms with E-state index in [-0.39, 0.29) is 12.7 Å². The fourth-order valence-electron chi connectivity index (χ4n) is 4.45. The van der Waals surface area contributed by atoms with Gasteiger partial charge in [0.1, 0.15) is 0 Å². The van der Waals surface area contributed by atoms with E-state index >= 15 is 0 Å². The molecule has 0 aromatic heterocycles. The van der Waals surface area contributed by atoms with Crippen molar-refractivity contribution >= 4 is 7.12 Å². The Morgan fingerprint density at radius 1 is 1.24 bits per heavy atom. The maximum Gasteiger partial charge on any atom is 0.457 e. The van der Waals surface area contributed by atoms with Gasteiger partial charge in [0.05, 0.1) is 11.7 Å². The maximum atomic E-state index is 6.32. The topological polar surface area (TPSA) is 18.5 Å². The minimum atomic E-state index is -0.00332. The Bertz CT molecular complexity index is 317. The van der Waals surface area contributed by atoms with E-state index in [0.717, 1.165) is 12.2 Å². The first-order valence-corrected chi connectivity index (χ1v) is 7.31. The van der Waals surface area contributed by atoms with Crippen LogP contribution < -0.4 is 0 Å². The molecule has 96 valence electrons. The van der Waals surface area contributed by atoms with Crippen LogP contribution in [0.5, 0.6) is 0 Å². The lowest BCUT2D eigenvalue weighted by atomic mass is 9.43. The number of hydrogen-bond donors (Lipinski definition) is 0. The molecule has 4 rings (SSSR count). The second-order valence-corrected chi connectivity index (χ2v) is 7.04. The molecule has 0 radical (unpaired) electrons. The molecule has 17 heavy (non-hydrogen) atoms. The van der Waals surface area contributed by atoms with Crippen molar-refractivity contribution in [3.63, 3.8) is 0 Å². The lowest BCUT2D eigenvalue weighted by Crippen LogP contribution is -2.65. The summed E-state index contributed by atoms with van der Waals surface area (Å²) >= 11 is 0. The van der Waals surface area contributed by atoms with Crippen molar-refractivity contribution in [3.05, 3.63) is 0 Å². The molecule has 3 aliphatic carbocycles. The van der Waals surface area contributed by atoms with Crippen LogP contribution in [0, 0.1) is 17.3 Å². The fourth-order valence-corrected chi connectivity index (χ4v) is 4.45. The Kier molecular flexibility index (Phi) is 2.65. The molecule has 4 atom stereocenters. The molecule has 0 amide bonds. The molecule has 1 saturated heterocycles. The van der Waals surface area contributed by atoms with Crippen LogP contribution in [0.25, 0.3) is 0 Å². The van der Waals surface area contributed by atoms with Gasteiger partial charge < -0.3 is 9.31 Å². The summed E-state index contributed by atoms with van der Waals surface area (Å²) in [6.45, 7) is 9.35. The summed E-state index contributed by atoms with van der Waals surface area (Å²) < 4.78 is 12.5. The Labute approximate surface area is 106 Å². The van der Waals surface area contributed by atoms with Crippen LogP contribution in [0.3, 0.4) is 0 Å². The van der Waals surface area contributed by atoms with Crippen LogP contribution in [0.4, 0.5) is 0 Å². The highest BCUT2D eigenvalue weighted by Gasteiger charge is 2.67. The molecule has 0 aromatic carbocycles. The molecule has 1 heterocycles. The highest BCUT2D eigenvalue weighted by molar-refractivity contribution is 6.45. The fraction of sp³-hybridized carbons (Fsp3) is 1.00. The molecule has 1 aliphatic heterocycles.